The van der Waals surface area contributed by atoms with Crippen molar-refractivity contribution in [3.05, 3.63) is 88.3 Å². The van der Waals surface area contributed by atoms with Crippen molar-refractivity contribution >= 4 is 41.0 Å². The molecule has 2 aromatic carbocycles. The lowest BCUT2D eigenvalue weighted by Crippen LogP contribution is -2.12. The van der Waals surface area contributed by atoms with E-state index in [9.17, 15) is 9.18 Å². The average Bonchev–Trinajstić information content (AvgIpc) is 2.71. The van der Waals surface area contributed by atoms with Crippen LogP contribution in [0.5, 0.6) is 0 Å². The molecule has 3 rings (SSSR count). The summed E-state index contributed by atoms with van der Waals surface area (Å²) in [6.07, 6.45) is 1.56. The van der Waals surface area contributed by atoms with Gasteiger partial charge in [0.05, 0.1) is 5.02 Å². The first-order valence-electron chi connectivity index (χ1n) is 9.11. The van der Waals surface area contributed by atoms with Crippen molar-refractivity contribution in [1.82, 2.24) is 4.98 Å². The Morgan fingerprint density at radius 3 is 2.59 bits per heavy atom. The molecule has 0 saturated carbocycles. The van der Waals surface area contributed by atoms with Crippen LogP contribution in [0.15, 0.2) is 60.8 Å². The van der Waals surface area contributed by atoms with Gasteiger partial charge >= 0.3 is 0 Å². The molecule has 0 aliphatic carbocycles. The molecule has 29 heavy (non-hydrogen) atoms. The summed E-state index contributed by atoms with van der Waals surface area (Å²) in [6, 6.07) is 15.8. The van der Waals surface area contributed by atoms with E-state index in [4.69, 9.17) is 11.6 Å². The Kier molecular flexibility index (Phi) is 7.12. The second-order valence-corrected chi connectivity index (χ2v) is 7.99. The Morgan fingerprint density at radius 1 is 1.14 bits per heavy atom. The fraction of sp³-hybridized carbons (Fsp3) is 0.182. The van der Waals surface area contributed by atoms with Gasteiger partial charge in [-0.15, -0.1) is 0 Å². The van der Waals surface area contributed by atoms with E-state index in [1.807, 2.05) is 0 Å². The maximum atomic E-state index is 13.2. The third kappa shape index (κ3) is 5.95. The van der Waals surface area contributed by atoms with Crippen molar-refractivity contribution in [2.24, 2.45) is 0 Å². The molecule has 0 spiro atoms. The number of benzene rings is 2. The van der Waals surface area contributed by atoms with E-state index in [1.165, 1.54) is 41.3 Å². The molecule has 1 aromatic heterocycles. The smallest absolute Gasteiger partial charge is 0.255 e. The minimum atomic E-state index is -0.532. The number of carbonyl (C=O) groups excluding carboxylic acids is 1. The lowest BCUT2D eigenvalue weighted by molar-refractivity contribution is 0.102. The van der Waals surface area contributed by atoms with E-state index < -0.39 is 5.82 Å². The first-order chi connectivity index (χ1) is 13.9. The molecule has 0 aliphatic rings. The van der Waals surface area contributed by atoms with Gasteiger partial charge in [-0.1, -0.05) is 49.7 Å². The molecule has 150 valence electrons. The summed E-state index contributed by atoms with van der Waals surface area (Å²) in [5, 5.41) is 2.65. The topological polar surface area (TPSA) is 54.0 Å². The van der Waals surface area contributed by atoms with Gasteiger partial charge in [-0.05, 0) is 59.3 Å². The number of rotatable bonds is 7. The lowest BCUT2D eigenvalue weighted by Gasteiger charge is -2.09. The Labute approximate surface area is 179 Å². The molecule has 0 fully saturated rings. The van der Waals surface area contributed by atoms with Crippen LogP contribution in [0.2, 0.25) is 5.02 Å². The third-order valence-electron chi connectivity index (χ3n) is 4.26. The summed E-state index contributed by atoms with van der Waals surface area (Å²) >= 11 is 7.25. The Hall–Kier alpha value is -2.57. The van der Waals surface area contributed by atoms with E-state index >= 15 is 0 Å². The number of carbonyl (C=O) groups is 1. The first-order valence-corrected chi connectivity index (χ1v) is 10.5. The second-order valence-electron chi connectivity index (χ2n) is 6.80. The van der Waals surface area contributed by atoms with E-state index in [2.05, 4.69) is 53.1 Å². The highest BCUT2D eigenvalue weighted by molar-refractivity contribution is 7.99. The van der Waals surface area contributed by atoms with Crippen LogP contribution in [-0.4, -0.2) is 10.9 Å². The molecular weight excluding hydrogens is 409 g/mol. The summed E-state index contributed by atoms with van der Waals surface area (Å²) < 4.78 is 16.4. The number of nitrogens with zero attached hydrogens (tertiary/aromatic N) is 1. The minimum absolute atomic E-state index is 0.0438. The van der Waals surface area contributed by atoms with E-state index in [-0.39, 0.29) is 10.9 Å². The maximum Gasteiger partial charge on any atom is 0.255 e. The van der Waals surface area contributed by atoms with Crippen LogP contribution in [0.3, 0.4) is 0 Å². The molecule has 0 atom stereocenters. The normalized spacial score (nSPS) is 10.8. The zero-order valence-electron chi connectivity index (χ0n) is 16.1. The molecule has 0 saturated heterocycles. The highest BCUT2D eigenvalue weighted by Crippen LogP contribution is 2.21. The standard InChI is InChI=1S/C22H21ClFN3OS/c1-14(2)16-5-3-15(4-6-16)13-29-27-21-11-17(9-10-25-21)22(28)26-18-7-8-20(24)19(23)12-18/h3-12,14H,13H2,1-2H3,(H,25,27)(H,26,28). The van der Waals surface area contributed by atoms with Crippen molar-refractivity contribution in [2.75, 3.05) is 10.0 Å². The van der Waals surface area contributed by atoms with Crippen molar-refractivity contribution < 1.29 is 9.18 Å². The average molecular weight is 430 g/mol. The molecule has 1 amide bonds. The number of hydrogen-bond acceptors (Lipinski definition) is 4. The van der Waals surface area contributed by atoms with Crippen LogP contribution < -0.4 is 10.0 Å². The molecular formula is C22H21ClFN3OS. The molecule has 3 aromatic rings. The number of pyridine rings is 1. The number of anilines is 2. The molecule has 7 heteroatoms. The molecule has 2 N–H and O–H groups in total. The predicted octanol–water partition coefficient (Wildman–Crippen LogP) is 6.51. The van der Waals surface area contributed by atoms with Gasteiger partial charge in [0.25, 0.3) is 5.91 Å². The zero-order chi connectivity index (χ0) is 20.8. The molecule has 1 heterocycles. The summed E-state index contributed by atoms with van der Waals surface area (Å²) in [5.74, 6) is 1.01. The summed E-state index contributed by atoms with van der Waals surface area (Å²) in [7, 11) is 0. The second kappa shape index (κ2) is 9.76. The van der Waals surface area contributed by atoms with Gasteiger partial charge in [-0.25, -0.2) is 9.37 Å². The van der Waals surface area contributed by atoms with Gasteiger partial charge in [-0.3, -0.25) is 4.79 Å². The van der Waals surface area contributed by atoms with Crippen LogP contribution in [-0.2, 0) is 5.75 Å². The van der Waals surface area contributed by atoms with Gasteiger partial charge in [0.15, 0.2) is 0 Å². The van der Waals surface area contributed by atoms with Gasteiger partial charge in [0.1, 0.15) is 11.6 Å². The fourth-order valence-corrected chi connectivity index (χ4v) is 3.47. The molecule has 4 nitrogen and oxygen atoms in total. The number of nitrogens with one attached hydrogen (secondary N) is 2. The van der Waals surface area contributed by atoms with Gasteiger partial charge < -0.3 is 10.0 Å². The summed E-state index contributed by atoms with van der Waals surface area (Å²) in [5.41, 5.74) is 3.38. The van der Waals surface area contributed by atoms with Gasteiger partial charge in [-0.2, -0.15) is 0 Å². The largest absolute Gasteiger partial charge is 0.322 e. The van der Waals surface area contributed by atoms with Crippen LogP contribution in [0.4, 0.5) is 15.9 Å². The van der Waals surface area contributed by atoms with Crippen LogP contribution >= 0.6 is 23.5 Å². The van der Waals surface area contributed by atoms with Gasteiger partial charge in [0, 0.05) is 23.2 Å². The number of amides is 1. The van der Waals surface area contributed by atoms with Gasteiger partial charge in [0.2, 0.25) is 0 Å². The summed E-state index contributed by atoms with van der Waals surface area (Å²) in [4.78, 5) is 16.7. The third-order valence-corrected chi connectivity index (χ3v) is 5.38. The van der Waals surface area contributed by atoms with E-state index in [1.54, 1.807) is 18.3 Å². The van der Waals surface area contributed by atoms with Crippen LogP contribution in [0, 0.1) is 5.82 Å². The highest BCUT2D eigenvalue weighted by Gasteiger charge is 2.09. The predicted molar refractivity (Wildman–Crippen MR) is 119 cm³/mol. The van der Waals surface area contributed by atoms with Crippen LogP contribution in [0.25, 0.3) is 0 Å². The minimum Gasteiger partial charge on any atom is -0.322 e. The number of hydrogen-bond donors (Lipinski definition) is 2. The Morgan fingerprint density at radius 2 is 1.90 bits per heavy atom. The quantitative estimate of drug-likeness (QED) is 0.420. The summed E-state index contributed by atoms with van der Waals surface area (Å²) in [6.45, 7) is 4.34. The molecule has 0 radical (unpaired) electrons. The fourth-order valence-electron chi connectivity index (χ4n) is 2.60. The Bertz CT molecular complexity index is 996. The molecule has 0 unspecified atom stereocenters. The Balaban J connectivity index is 1.57. The maximum absolute atomic E-state index is 13.2. The first kappa shape index (κ1) is 21.1. The number of halogens is 2. The SMILES string of the molecule is CC(C)c1ccc(CSNc2cc(C(=O)Nc3ccc(F)c(Cl)c3)ccn2)cc1. The van der Waals surface area contributed by atoms with Crippen molar-refractivity contribution in [1.29, 1.82) is 0 Å². The van der Waals surface area contributed by atoms with Crippen molar-refractivity contribution in [3.8, 4) is 0 Å². The monoisotopic (exact) mass is 429 g/mol. The molecule has 0 bridgehead atoms. The number of aromatic nitrogens is 1. The van der Waals surface area contributed by atoms with Crippen molar-refractivity contribution in [2.45, 2.75) is 25.5 Å². The lowest BCUT2D eigenvalue weighted by atomic mass is 10.0. The van der Waals surface area contributed by atoms with E-state index in [0.29, 0.717) is 23.0 Å². The van der Waals surface area contributed by atoms with E-state index in [0.717, 1.165) is 5.75 Å². The molecule has 0 aliphatic heterocycles. The zero-order valence-corrected chi connectivity index (χ0v) is 17.7. The van der Waals surface area contributed by atoms with Crippen molar-refractivity contribution in [3.63, 3.8) is 0 Å². The highest BCUT2D eigenvalue weighted by atomic mass is 35.5. The van der Waals surface area contributed by atoms with Crippen LogP contribution in [0.1, 0.15) is 41.3 Å².